The molecule has 1 aromatic heterocycles. The molecule has 0 saturated carbocycles. The van der Waals surface area contributed by atoms with Crippen LogP contribution in [0.4, 0.5) is 13.2 Å². The van der Waals surface area contributed by atoms with Crippen LogP contribution in [0.15, 0.2) is 56.6 Å². The van der Waals surface area contributed by atoms with E-state index in [9.17, 15) is 26.4 Å². The van der Waals surface area contributed by atoms with Crippen molar-refractivity contribution in [1.29, 1.82) is 0 Å². The highest BCUT2D eigenvalue weighted by molar-refractivity contribution is 7.87. The lowest BCUT2D eigenvalue weighted by molar-refractivity contribution is -0.136. The Morgan fingerprint density at radius 1 is 1.00 bits per heavy atom. The summed E-state index contributed by atoms with van der Waals surface area (Å²) >= 11 is 0. The van der Waals surface area contributed by atoms with Crippen LogP contribution >= 0.6 is 0 Å². The van der Waals surface area contributed by atoms with Gasteiger partial charge in [0.25, 0.3) is 0 Å². The maximum Gasteiger partial charge on any atom is 0.417 e. The standard InChI is InChI=1S/C18H13F3O5S/c1-10-3-4-11(2)16(7-10)27(23,24)26-12-5-6-13-14(18(19,20)21)9-17(22)25-15(13)8-12/h3-9H,1-2H3. The Balaban J connectivity index is 2.08. The highest BCUT2D eigenvalue weighted by Gasteiger charge is 2.34. The van der Waals surface area contributed by atoms with E-state index in [-0.39, 0.29) is 16.0 Å². The first-order chi connectivity index (χ1) is 12.5. The summed E-state index contributed by atoms with van der Waals surface area (Å²) in [5.74, 6) is -0.272. The smallest absolute Gasteiger partial charge is 0.417 e. The average Bonchev–Trinajstić information content (AvgIpc) is 2.54. The normalized spacial score (nSPS) is 12.3. The molecule has 1 heterocycles. The largest absolute Gasteiger partial charge is 0.423 e. The molecular weight excluding hydrogens is 385 g/mol. The van der Waals surface area contributed by atoms with Gasteiger partial charge in [-0.25, -0.2) is 4.79 Å². The number of halogens is 3. The van der Waals surface area contributed by atoms with Crippen LogP contribution in [0, 0.1) is 13.8 Å². The van der Waals surface area contributed by atoms with Crippen LogP contribution in [0.25, 0.3) is 11.0 Å². The van der Waals surface area contributed by atoms with Crippen LogP contribution in [-0.4, -0.2) is 8.42 Å². The molecule has 0 saturated heterocycles. The molecule has 0 aliphatic rings. The highest BCUT2D eigenvalue weighted by Crippen LogP contribution is 2.35. The van der Waals surface area contributed by atoms with Gasteiger partial charge in [0.1, 0.15) is 16.2 Å². The number of hydrogen-bond donors (Lipinski definition) is 0. The molecule has 27 heavy (non-hydrogen) atoms. The van der Waals surface area contributed by atoms with Gasteiger partial charge in [0.05, 0.1) is 5.56 Å². The van der Waals surface area contributed by atoms with Crippen molar-refractivity contribution in [3.8, 4) is 5.75 Å². The van der Waals surface area contributed by atoms with Crippen molar-refractivity contribution >= 4 is 21.1 Å². The third-order valence-electron chi connectivity index (χ3n) is 3.84. The van der Waals surface area contributed by atoms with Crippen molar-refractivity contribution < 1.29 is 30.2 Å². The van der Waals surface area contributed by atoms with Crippen LogP contribution in [0.5, 0.6) is 5.75 Å². The van der Waals surface area contributed by atoms with E-state index in [4.69, 9.17) is 8.60 Å². The molecule has 5 nitrogen and oxygen atoms in total. The molecule has 3 aromatic rings. The molecule has 0 radical (unpaired) electrons. The van der Waals surface area contributed by atoms with Gasteiger partial charge in [-0.15, -0.1) is 0 Å². The van der Waals surface area contributed by atoms with Gasteiger partial charge in [-0.1, -0.05) is 12.1 Å². The van der Waals surface area contributed by atoms with Gasteiger partial charge in [-0.05, 0) is 43.2 Å². The molecule has 2 aromatic carbocycles. The number of aryl methyl sites for hydroxylation is 2. The van der Waals surface area contributed by atoms with Gasteiger partial charge in [0, 0.05) is 17.5 Å². The number of hydrogen-bond acceptors (Lipinski definition) is 5. The summed E-state index contributed by atoms with van der Waals surface area (Å²) in [6.07, 6.45) is -4.76. The lowest BCUT2D eigenvalue weighted by atomic mass is 10.1. The first-order valence-corrected chi connectivity index (χ1v) is 9.05. The molecule has 0 amide bonds. The minimum Gasteiger partial charge on any atom is -0.423 e. The molecule has 0 aliphatic carbocycles. The highest BCUT2D eigenvalue weighted by atomic mass is 32.2. The molecular formula is C18H13F3O5S. The van der Waals surface area contributed by atoms with Crippen LogP contribution in [0.2, 0.25) is 0 Å². The zero-order valence-corrected chi connectivity index (χ0v) is 14.9. The SMILES string of the molecule is Cc1ccc(C)c(S(=O)(=O)Oc2ccc3c(C(F)(F)F)cc(=O)oc3c2)c1. The van der Waals surface area contributed by atoms with E-state index >= 15 is 0 Å². The summed E-state index contributed by atoms with van der Waals surface area (Å²) in [5.41, 5.74) is -1.65. The Morgan fingerprint density at radius 3 is 2.37 bits per heavy atom. The number of rotatable bonds is 3. The second-order valence-corrected chi connectivity index (χ2v) is 7.46. The van der Waals surface area contributed by atoms with Crippen molar-refractivity contribution in [1.82, 2.24) is 0 Å². The van der Waals surface area contributed by atoms with Gasteiger partial charge in [-0.3, -0.25) is 0 Å². The monoisotopic (exact) mass is 398 g/mol. The Morgan fingerprint density at radius 2 is 1.70 bits per heavy atom. The van der Waals surface area contributed by atoms with Crippen LogP contribution in [0.3, 0.4) is 0 Å². The minimum atomic E-state index is -4.76. The molecule has 0 fully saturated rings. The predicted molar refractivity (Wildman–Crippen MR) is 91.2 cm³/mol. The summed E-state index contributed by atoms with van der Waals surface area (Å²) in [6.45, 7) is 3.30. The fourth-order valence-corrected chi connectivity index (χ4v) is 3.82. The maximum absolute atomic E-state index is 13.1. The van der Waals surface area contributed by atoms with Gasteiger partial charge in [-0.2, -0.15) is 21.6 Å². The Kier molecular flexibility index (Phi) is 4.51. The van der Waals surface area contributed by atoms with Crippen LogP contribution in [-0.2, 0) is 16.3 Å². The second kappa shape index (κ2) is 6.41. The van der Waals surface area contributed by atoms with E-state index in [1.165, 1.54) is 6.07 Å². The molecule has 0 aliphatic heterocycles. The topological polar surface area (TPSA) is 73.6 Å². The third-order valence-corrected chi connectivity index (χ3v) is 5.23. The fraction of sp³-hybridized carbons (Fsp3) is 0.167. The molecule has 142 valence electrons. The summed E-state index contributed by atoms with van der Waals surface area (Å²) < 4.78 is 74.0. The fourth-order valence-electron chi connectivity index (χ4n) is 2.58. The van der Waals surface area contributed by atoms with Gasteiger partial charge in [0.2, 0.25) is 0 Å². The minimum absolute atomic E-state index is 0.0620. The zero-order valence-electron chi connectivity index (χ0n) is 14.1. The number of benzene rings is 2. The molecule has 9 heteroatoms. The Bertz CT molecular complexity index is 1190. The summed E-state index contributed by atoms with van der Waals surface area (Å²) in [6, 6.07) is 8.12. The van der Waals surface area contributed by atoms with E-state index in [2.05, 4.69) is 0 Å². The van der Waals surface area contributed by atoms with Crippen molar-refractivity contribution in [3.63, 3.8) is 0 Å². The summed E-state index contributed by atoms with van der Waals surface area (Å²) in [4.78, 5) is 11.4. The lowest BCUT2D eigenvalue weighted by Crippen LogP contribution is -2.13. The third kappa shape index (κ3) is 3.82. The van der Waals surface area contributed by atoms with Gasteiger partial charge < -0.3 is 8.60 Å². The summed E-state index contributed by atoms with van der Waals surface area (Å²) in [5, 5.41) is -0.376. The second-order valence-electron chi connectivity index (χ2n) is 5.94. The van der Waals surface area contributed by atoms with E-state index in [0.717, 1.165) is 18.2 Å². The van der Waals surface area contributed by atoms with Crippen molar-refractivity contribution in [2.45, 2.75) is 24.9 Å². The van der Waals surface area contributed by atoms with Crippen molar-refractivity contribution in [3.05, 3.63) is 69.6 Å². The Labute approximate surface area is 152 Å². The van der Waals surface area contributed by atoms with Gasteiger partial charge in [0.15, 0.2) is 0 Å². The number of fused-ring (bicyclic) bond motifs is 1. The maximum atomic E-state index is 13.1. The Hall–Kier alpha value is -2.81. The first kappa shape index (κ1) is 19.0. The average molecular weight is 398 g/mol. The van der Waals surface area contributed by atoms with E-state index < -0.39 is 33.1 Å². The first-order valence-electron chi connectivity index (χ1n) is 7.64. The van der Waals surface area contributed by atoms with Crippen LogP contribution in [0.1, 0.15) is 16.7 Å². The van der Waals surface area contributed by atoms with Crippen LogP contribution < -0.4 is 9.81 Å². The van der Waals surface area contributed by atoms with Gasteiger partial charge >= 0.3 is 21.9 Å². The number of alkyl halides is 3. The predicted octanol–water partition coefficient (Wildman–Crippen LogP) is 4.20. The molecule has 3 rings (SSSR count). The molecule has 0 atom stereocenters. The van der Waals surface area contributed by atoms with E-state index in [1.807, 2.05) is 0 Å². The molecule has 0 bridgehead atoms. The quantitative estimate of drug-likeness (QED) is 0.488. The van der Waals surface area contributed by atoms with E-state index in [0.29, 0.717) is 17.2 Å². The summed E-state index contributed by atoms with van der Waals surface area (Å²) in [7, 11) is -4.23. The van der Waals surface area contributed by atoms with Crippen molar-refractivity contribution in [2.24, 2.45) is 0 Å². The molecule has 0 unspecified atom stereocenters. The van der Waals surface area contributed by atoms with E-state index in [1.54, 1.807) is 26.0 Å². The lowest BCUT2D eigenvalue weighted by Gasteiger charge is -2.12. The molecule has 0 spiro atoms. The van der Waals surface area contributed by atoms with Crippen molar-refractivity contribution in [2.75, 3.05) is 0 Å². The zero-order chi connectivity index (χ0) is 20.0. The molecule has 0 N–H and O–H groups in total.